The first kappa shape index (κ1) is 13.2. The van der Waals surface area contributed by atoms with Crippen molar-refractivity contribution in [1.82, 2.24) is 5.32 Å². The first-order valence-electron chi connectivity index (χ1n) is 5.65. The second kappa shape index (κ2) is 6.03. The van der Waals surface area contributed by atoms with Gasteiger partial charge in [-0.2, -0.15) is 0 Å². The summed E-state index contributed by atoms with van der Waals surface area (Å²) >= 11 is 0. The molecule has 0 fully saturated rings. The van der Waals surface area contributed by atoms with E-state index in [0.717, 1.165) is 5.56 Å². The number of carbonyl (C=O) groups is 2. The zero-order valence-electron chi connectivity index (χ0n) is 10.1. The lowest BCUT2D eigenvalue weighted by molar-refractivity contribution is -0.139. The third kappa shape index (κ3) is 3.90. The average Bonchev–Trinajstić information content (AvgIpc) is 2.29. The minimum absolute atomic E-state index is 0.342. The number of nitrogens with one attached hydrogen (secondary N) is 1. The van der Waals surface area contributed by atoms with Gasteiger partial charge in [-0.25, -0.2) is 4.79 Å². The highest BCUT2D eigenvalue weighted by Crippen LogP contribution is 2.05. The van der Waals surface area contributed by atoms with Crippen LogP contribution in [-0.2, 0) is 4.79 Å². The fourth-order valence-corrected chi connectivity index (χ4v) is 1.49. The predicted molar refractivity (Wildman–Crippen MR) is 65.0 cm³/mol. The molecule has 1 rings (SSSR count). The molecule has 1 aromatic rings. The molecule has 1 atom stereocenters. The van der Waals surface area contributed by atoms with E-state index in [2.05, 4.69) is 5.32 Å². The fourth-order valence-electron chi connectivity index (χ4n) is 1.49. The van der Waals surface area contributed by atoms with Gasteiger partial charge < -0.3 is 10.4 Å². The van der Waals surface area contributed by atoms with E-state index >= 15 is 0 Å². The number of amides is 1. The summed E-state index contributed by atoms with van der Waals surface area (Å²) in [6.07, 6.45) is 1.15. The van der Waals surface area contributed by atoms with E-state index in [-0.39, 0.29) is 5.91 Å². The molecule has 4 nitrogen and oxygen atoms in total. The second-order valence-electron chi connectivity index (χ2n) is 4.02. The van der Waals surface area contributed by atoms with E-state index < -0.39 is 12.0 Å². The maximum Gasteiger partial charge on any atom is 0.326 e. The molecule has 4 heteroatoms. The molecule has 0 saturated heterocycles. The van der Waals surface area contributed by atoms with Gasteiger partial charge in [0.05, 0.1) is 0 Å². The van der Waals surface area contributed by atoms with Gasteiger partial charge in [-0.05, 0) is 25.5 Å². The van der Waals surface area contributed by atoms with Gasteiger partial charge in [0.1, 0.15) is 6.04 Å². The first-order valence-corrected chi connectivity index (χ1v) is 5.65. The zero-order chi connectivity index (χ0) is 12.8. The number of hydrogen-bond donors (Lipinski definition) is 2. The Hall–Kier alpha value is -1.84. The highest BCUT2D eigenvalue weighted by Gasteiger charge is 2.19. The quantitative estimate of drug-likeness (QED) is 0.820. The van der Waals surface area contributed by atoms with Crippen LogP contribution in [0.2, 0.25) is 0 Å². The van der Waals surface area contributed by atoms with Crippen molar-refractivity contribution in [3.8, 4) is 0 Å². The number of carbonyl (C=O) groups excluding carboxylic acids is 1. The van der Waals surface area contributed by atoms with Crippen molar-refractivity contribution < 1.29 is 14.7 Å². The number of rotatable bonds is 5. The van der Waals surface area contributed by atoms with Crippen molar-refractivity contribution in [2.24, 2.45) is 0 Å². The lowest BCUT2D eigenvalue weighted by Gasteiger charge is -2.13. The summed E-state index contributed by atoms with van der Waals surface area (Å²) in [6, 6.07) is 6.22. The van der Waals surface area contributed by atoms with Crippen LogP contribution in [0.1, 0.15) is 35.7 Å². The van der Waals surface area contributed by atoms with Crippen LogP contribution in [0, 0.1) is 6.92 Å². The zero-order valence-corrected chi connectivity index (χ0v) is 10.1. The normalized spacial score (nSPS) is 11.9. The van der Waals surface area contributed by atoms with Crippen LogP contribution in [-0.4, -0.2) is 23.0 Å². The molecule has 0 unspecified atom stereocenters. The predicted octanol–water partition coefficient (Wildman–Crippen LogP) is 1.98. The topological polar surface area (TPSA) is 66.4 Å². The minimum atomic E-state index is -0.993. The molecule has 0 heterocycles. The maximum atomic E-state index is 11.8. The van der Waals surface area contributed by atoms with Crippen molar-refractivity contribution in [3.63, 3.8) is 0 Å². The van der Waals surface area contributed by atoms with Gasteiger partial charge in [0, 0.05) is 5.56 Å². The molecule has 0 aliphatic rings. The molecule has 0 aliphatic carbocycles. The Morgan fingerprint density at radius 1 is 1.29 bits per heavy atom. The van der Waals surface area contributed by atoms with Crippen LogP contribution in [0.3, 0.4) is 0 Å². The van der Waals surface area contributed by atoms with E-state index in [4.69, 9.17) is 5.11 Å². The SMILES string of the molecule is CCC[C@H](NC(=O)c1ccc(C)cc1)C(=O)O. The molecular weight excluding hydrogens is 218 g/mol. The highest BCUT2D eigenvalue weighted by molar-refractivity contribution is 5.96. The average molecular weight is 235 g/mol. The molecule has 0 aromatic heterocycles. The third-order valence-electron chi connectivity index (χ3n) is 2.49. The summed E-state index contributed by atoms with van der Waals surface area (Å²) in [5, 5.41) is 11.4. The summed E-state index contributed by atoms with van der Waals surface area (Å²) in [7, 11) is 0. The van der Waals surface area contributed by atoms with Crippen LogP contribution in [0.15, 0.2) is 24.3 Å². The van der Waals surface area contributed by atoms with Crippen molar-refractivity contribution in [1.29, 1.82) is 0 Å². The van der Waals surface area contributed by atoms with E-state index in [0.29, 0.717) is 18.4 Å². The molecule has 92 valence electrons. The smallest absolute Gasteiger partial charge is 0.326 e. The van der Waals surface area contributed by atoms with E-state index in [1.165, 1.54) is 0 Å². The van der Waals surface area contributed by atoms with Gasteiger partial charge in [0.15, 0.2) is 0 Å². The highest BCUT2D eigenvalue weighted by atomic mass is 16.4. The first-order chi connectivity index (χ1) is 8.04. The van der Waals surface area contributed by atoms with Crippen molar-refractivity contribution >= 4 is 11.9 Å². The minimum Gasteiger partial charge on any atom is -0.480 e. The lowest BCUT2D eigenvalue weighted by atomic mass is 10.1. The molecule has 0 bridgehead atoms. The summed E-state index contributed by atoms with van der Waals surface area (Å²) in [4.78, 5) is 22.7. The number of aryl methyl sites for hydroxylation is 1. The summed E-state index contributed by atoms with van der Waals surface area (Å²) in [5.74, 6) is -1.34. The Bertz CT molecular complexity index is 398. The standard InChI is InChI=1S/C13H17NO3/c1-3-4-11(13(16)17)14-12(15)10-7-5-9(2)6-8-10/h5-8,11H,3-4H2,1-2H3,(H,14,15)(H,16,17)/t11-/m0/s1. The molecule has 17 heavy (non-hydrogen) atoms. The maximum absolute atomic E-state index is 11.8. The Morgan fingerprint density at radius 2 is 1.88 bits per heavy atom. The van der Waals surface area contributed by atoms with Crippen molar-refractivity contribution in [3.05, 3.63) is 35.4 Å². The Morgan fingerprint density at radius 3 is 2.35 bits per heavy atom. The number of hydrogen-bond acceptors (Lipinski definition) is 2. The van der Waals surface area contributed by atoms with Gasteiger partial charge in [0.25, 0.3) is 5.91 Å². The Kier molecular flexibility index (Phi) is 4.69. The number of aliphatic carboxylic acids is 1. The van der Waals surface area contributed by atoms with Gasteiger partial charge >= 0.3 is 5.97 Å². The molecule has 2 N–H and O–H groups in total. The van der Waals surface area contributed by atoms with Gasteiger partial charge in [0.2, 0.25) is 0 Å². The second-order valence-corrected chi connectivity index (χ2v) is 4.02. The third-order valence-corrected chi connectivity index (χ3v) is 2.49. The van der Waals surface area contributed by atoms with Gasteiger partial charge in [-0.1, -0.05) is 31.0 Å². The monoisotopic (exact) mass is 235 g/mol. The van der Waals surface area contributed by atoms with Crippen molar-refractivity contribution in [2.45, 2.75) is 32.7 Å². The van der Waals surface area contributed by atoms with Gasteiger partial charge in [-0.15, -0.1) is 0 Å². The van der Waals surface area contributed by atoms with E-state index in [1.807, 2.05) is 26.0 Å². The molecular formula is C13H17NO3. The Labute approximate surface area is 101 Å². The fraction of sp³-hybridized carbons (Fsp3) is 0.385. The summed E-state index contributed by atoms with van der Waals surface area (Å²) in [5.41, 5.74) is 1.54. The number of carboxylic acid groups (broad SMARTS) is 1. The molecule has 1 aromatic carbocycles. The van der Waals surface area contributed by atoms with Crippen LogP contribution < -0.4 is 5.32 Å². The summed E-state index contributed by atoms with van der Waals surface area (Å²) in [6.45, 7) is 3.81. The van der Waals surface area contributed by atoms with Crippen LogP contribution in [0.5, 0.6) is 0 Å². The summed E-state index contributed by atoms with van der Waals surface area (Å²) < 4.78 is 0. The molecule has 0 radical (unpaired) electrons. The Balaban J connectivity index is 2.70. The van der Waals surface area contributed by atoms with Crippen LogP contribution >= 0.6 is 0 Å². The molecule has 0 aliphatic heterocycles. The van der Waals surface area contributed by atoms with Crippen LogP contribution in [0.25, 0.3) is 0 Å². The van der Waals surface area contributed by atoms with Crippen molar-refractivity contribution in [2.75, 3.05) is 0 Å². The number of benzene rings is 1. The van der Waals surface area contributed by atoms with E-state index in [1.54, 1.807) is 12.1 Å². The van der Waals surface area contributed by atoms with E-state index in [9.17, 15) is 9.59 Å². The molecule has 0 saturated carbocycles. The largest absolute Gasteiger partial charge is 0.480 e. The van der Waals surface area contributed by atoms with Crippen LogP contribution in [0.4, 0.5) is 0 Å². The molecule has 1 amide bonds. The number of carboxylic acids is 1. The van der Waals surface area contributed by atoms with Gasteiger partial charge in [-0.3, -0.25) is 4.79 Å². The lowest BCUT2D eigenvalue weighted by Crippen LogP contribution is -2.40. The molecule has 0 spiro atoms.